The third kappa shape index (κ3) is 5.61. The van der Waals surface area contributed by atoms with Gasteiger partial charge in [0.2, 0.25) is 0 Å². The quantitative estimate of drug-likeness (QED) is 0.390. The number of guanidine groups is 1. The number of hydrogen-bond acceptors (Lipinski definition) is 3. The number of aromatic nitrogens is 2. The zero-order valence-electron chi connectivity index (χ0n) is 12.1. The van der Waals surface area contributed by atoms with Crippen molar-refractivity contribution < 1.29 is 0 Å². The van der Waals surface area contributed by atoms with E-state index in [1.807, 2.05) is 6.20 Å². The molecule has 1 aromatic rings. The van der Waals surface area contributed by atoms with Crippen molar-refractivity contribution in [2.45, 2.75) is 32.1 Å². The molecule has 0 saturated carbocycles. The van der Waals surface area contributed by atoms with Crippen LogP contribution in [-0.4, -0.2) is 53.6 Å². The van der Waals surface area contributed by atoms with Crippen molar-refractivity contribution in [3.05, 3.63) is 18.2 Å². The highest BCUT2D eigenvalue weighted by Crippen LogP contribution is 2.07. The summed E-state index contributed by atoms with van der Waals surface area (Å²) >= 11 is 0. The first-order valence-electron chi connectivity index (χ1n) is 7.58. The van der Waals surface area contributed by atoms with Crippen LogP contribution in [0.15, 0.2) is 17.5 Å². The van der Waals surface area contributed by atoms with Gasteiger partial charge in [0.05, 0.1) is 6.33 Å². The maximum atomic E-state index is 5.85. The number of piperidine rings is 1. The van der Waals surface area contributed by atoms with E-state index >= 15 is 0 Å². The van der Waals surface area contributed by atoms with Crippen LogP contribution in [0.2, 0.25) is 0 Å². The van der Waals surface area contributed by atoms with Gasteiger partial charge in [-0.3, -0.25) is 4.99 Å². The lowest BCUT2D eigenvalue weighted by Crippen LogP contribution is -2.40. The summed E-state index contributed by atoms with van der Waals surface area (Å²) < 4.78 is 0. The van der Waals surface area contributed by atoms with Crippen LogP contribution >= 0.6 is 0 Å². The largest absolute Gasteiger partial charge is 0.370 e. The minimum atomic E-state index is 0.562. The molecule has 1 aliphatic rings. The summed E-state index contributed by atoms with van der Waals surface area (Å²) in [6, 6.07) is 0. The van der Waals surface area contributed by atoms with Gasteiger partial charge < -0.3 is 20.9 Å². The van der Waals surface area contributed by atoms with Gasteiger partial charge in [-0.2, -0.15) is 0 Å². The molecule has 4 N–H and O–H groups in total. The lowest BCUT2D eigenvalue weighted by molar-refractivity contribution is 0.232. The van der Waals surface area contributed by atoms with Crippen LogP contribution in [0.25, 0.3) is 0 Å². The molecule has 0 radical (unpaired) electrons. The van der Waals surface area contributed by atoms with Gasteiger partial charge in [-0.1, -0.05) is 6.42 Å². The van der Waals surface area contributed by atoms with Crippen LogP contribution in [0.3, 0.4) is 0 Å². The summed E-state index contributed by atoms with van der Waals surface area (Å²) in [6.07, 6.45) is 9.54. The predicted octanol–water partition coefficient (Wildman–Crippen LogP) is 0.733. The summed E-state index contributed by atoms with van der Waals surface area (Å²) in [5.74, 6) is 0.562. The molecule has 6 nitrogen and oxygen atoms in total. The van der Waals surface area contributed by atoms with E-state index in [0.29, 0.717) is 5.96 Å². The highest BCUT2D eigenvalue weighted by molar-refractivity contribution is 5.77. The predicted molar refractivity (Wildman–Crippen MR) is 81.7 cm³/mol. The van der Waals surface area contributed by atoms with Crippen molar-refractivity contribution in [3.63, 3.8) is 0 Å². The average Bonchev–Trinajstić information content (AvgIpc) is 2.98. The molecule has 0 bridgehead atoms. The number of rotatable bonds is 7. The van der Waals surface area contributed by atoms with Gasteiger partial charge in [-0.05, 0) is 38.8 Å². The van der Waals surface area contributed by atoms with E-state index in [1.54, 1.807) is 6.33 Å². The molecule has 1 saturated heterocycles. The minimum absolute atomic E-state index is 0.562. The Balaban J connectivity index is 1.52. The molecule has 6 heteroatoms. The van der Waals surface area contributed by atoms with Crippen molar-refractivity contribution in [3.8, 4) is 0 Å². The van der Waals surface area contributed by atoms with Gasteiger partial charge in [-0.15, -0.1) is 0 Å². The Morgan fingerprint density at radius 1 is 1.40 bits per heavy atom. The van der Waals surface area contributed by atoms with Gasteiger partial charge in [0.25, 0.3) is 0 Å². The molecule has 112 valence electrons. The molecule has 1 fully saturated rings. The molecule has 2 heterocycles. The highest BCUT2D eigenvalue weighted by atomic mass is 15.2. The Kier molecular flexibility index (Phi) is 6.37. The van der Waals surface area contributed by atoms with Crippen LogP contribution < -0.4 is 11.1 Å². The standard InChI is InChI=1S/C14H26N6/c15-14(17-6-4-5-13-11-16-12-19-13)18-7-10-20-8-2-1-3-9-20/h11-12H,1-10H2,(H,16,19)(H3,15,17,18). The zero-order valence-corrected chi connectivity index (χ0v) is 12.1. The number of imidazole rings is 1. The summed E-state index contributed by atoms with van der Waals surface area (Å²) in [5, 5.41) is 3.19. The normalized spacial score (nSPS) is 17.3. The van der Waals surface area contributed by atoms with Crippen LogP contribution in [-0.2, 0) is 6.42 Å². The van der Waals surface area contributed by atoms with E-state index in [4.69, 9.17) is 5.73 Å². The Hall–Kier alpha value is -1.56. The number of aliphatic imine (C=N–C) groups is 1. The van der Waals surface area contributed by atoms with E-state index in [1.165, 1.54) is 32.4 Å². The molecule has 0 atom stereocenters. The number of nitrogens with two attached hydrogens (primary N) is 1. The fourth-order valence-corrected chi connectivity index (χ4v) is 2.47. The van der Waals surface area contributed by atoms with Crippen molar-refractivity contribution >= 4 is 5.96 Å². The first kappa shape index (κ1) is 14.8. The second kappa shape index (κ2) is 8.58. The van der Waals surface area contributed by atoms with Crippen LogP contribution in [0, 0.1) is 0 Å². The number of hydrogen-bond donors (Lipinski definition) is 3. The minimum Gasteiger partial charge on any atom is -0.370 e. The molecule has 20 heavy (non-hydrogen) atoms. The third-order valence-corrected chi connectivity index (χ3v) is 3.62. The van der Waals surface area contributed by atoms with Gasteiger partial charge in [0, 0.05) is 31.5 Å². The fourth-order valence-electron chi connectivity index (χ4n) is 2.47. The van der Waals surface area contributed by atoms with Crippen LogP contribution in [0.5, 0.6) is 0 Å². The van der Waals surface area contributed by atoms with Gasteiger partial charge in [0.1, 0.15) is 0 Å². The smallest absolute Gasteiger partial charge is 0.188 e. The number of aryl methyl sites for hydroxylation is 1. The number of aromatic amines is 1. The summed E-state index contributed by atoms with van der Waals surface area (Å²) in [5.41, 5.74) is 7.00. The molecule has 0 aliphatic carbocycles. The van der Waals surface area contributed by atoms with Gasteiger partial charge >= 0.3 is 0 Å². The second-order valence-corrected chi connectivity index (χ2v) is 5.28. The molecule has 1 aromatic heterocycles. The van der Waals surface area contributed by atoms with E-state index < -0.39 is 0 Å². The summed E-state index contributed by atoms with van der Waals surface area (Å²) in [4.78, 5) is 13.9. The first-order valence-corrected chi connectivity index (χ1v) is 7.58. The first-order chi connectivity index (χ1) is 9.84. The molecular formula is C14H26N6. The molecule has 0 spiro atoms. The maximum Gasteiger partial charge on any atom is 0.188 e. The molecule has 0 unspecified atom stereocenters. The number of nitrogens with zero attached hydrogens (tertiary/aromatic N) is 3. The van der Waals surface area contributed by atoms with E-state index in [2.05, 4.69) is 25.2 Å². The Labute approximate surface area is 120 Å². The van der Waals surface area contributed by atoms with Crippen LogP contribution in [0.4, 0.5) is 0 Å². The molecule has 0 aromatic carbocycles. The van der Waals surface area contributed by atoms with Crippen molar-refractivity contribution in [1.29, 1.82) is 0 Å². The van der Waals surface area contributed by atoms with Crippen molar-refractivity contribution in [2.24, 2.45) is 10.7 Å². The fraction of sp³-hybridized carbons (Fsp3) is 0.714. The Bertz CT molecular complexity index is 380. The highest BCUT2D eigenvalue weighted by Gasteiger charge is 2.08. The average molecular weight is 278 g/mol. The second-order valence-electron chi connectivity index (χ2n) is 5.28. The van der Waals surface area contributed by atoms with Crippen LogP contribution in [0.1, 0.15) is 31.4 Å². The monoisotopic (exact) mass is 278 g/mol. The number of likely N-dealkylation sites (tertiary alicyclic amines) is 1. The Morgan fingerprint density at radius 3 is 3.00 bits per heavy atom. The van der Waals surface area contributed by atoms with Crippen molar-refractivity contribution in [2.75, 3.05) is 32.7 Å². The SMILES string of the molecule is NC(=NCCCc1cnc[nH]1)NCCN1CCCCC1. The van der Waals surface area contributed by atoms with Gasteiger partial charge in [0.15, 0.2) is 5.96 Å². The molecular weight excluding hydrogens is 252 g/mol. The summed E-state index contributed by atoms with van der Waals surface area (Å²) in [6.45, 7) is 5.15. The van der Waals surface area contributed by atoms with E-state index in [9.17, 15) is 0 Å². The third-order valence-electron chi connectivity index (χ3n) is 3.62. The molecule has 1 aliphatic heterocycles. The summed E-state index contributed by atoms with van der Waals surface area (Å²) in [7, 11) is 0. The molecule has 0 amide bonds. The van der Waals surface area contributed by atoms with E-state index in [0.717, 1.165) is 38.2 Å². The van der Waals surface area contributed by atoms with Gasteiger partial charge in [-0.25, -0.2) is 4.98 Å². The lowest BCUT2D eigenvalue weighted by atomic mass is 10.1. The molecule has 2 rings (SSSR count). The van der Waals surface area contributed by atoms with Crippen molar-refractivity contribution in [1.82, 2.24) is 20.2 Å². The maximum absolute atomic E-state index is 5.85. The number of nitrogens with one attached hydrogen (secondary N) is 2. The van der Waals surface area contributed by atoms with E-state index in [-0.39, 0.29) is 0 Å². The number of H-pyrrole nitrogens is 1. The Morgan fingerprint density at radius 2 is 2.25 bits per heavy atom. The lowest BCUT2D eigenvalue weighted by Gasteiger charge is -2.26. The topological polar surface area (TPSA) is 82.3 Å². The zero-order chi connectivity index (χ0) is 14.0.